The van der Waals surface area contributed by atoms with Crippen molar-refractivity contribution >= 4 is 23.1 Å². The van der Waals surface area contributed by atoms with E-state index in [-0.39, 0.29) is 40.0 Å². The third kappa shape index (κ3) is 3.55. The maximum Gasteiger partial charge on any atom is 2.00 e. The van der Waals surface area contributed by atoms with E-state index in [1.54, 1.807) is 0 Å². The fourth-order valence-corrected chi connectivity index (χ4v) is 0.453. The number of phenols is 2. The van der Waals surface area contributed by atoms with Gasteiger partial charge in [0.25, 0.3) is 0 Å². The van der Waals surface area contributed by atoms with Crippen LogP contribution in [0.2, 0.25) is 0 Å². The van der Waals surface area contributed by atoms with Crippen LogP contribution >= 0.6 is 0 Å². The van der Waals surface area contributed by atoms with Crippen LogP contribution in [0.25, 0.3) is 0 Å². The van der Waals surface area contributed by atoms with Gasteiger partial charge in [-0.05, 0) is 24.3 Å². The van der Waals surface area contributed by atoms with Gasteiger partial charge in [0.05, 0.1) is 0 Å². The van der Waals surface area contributed by atoms with Gasteiger partial charge < -0.3 is 15.7 Å². The van der Waals surface area contributed by atoms with Gasteiger partial charge in [-0.3, -0.25) is 0 Å². The van der Waals surface area contributed by atoms with Crippen molar-refractivity contribution in [3.05, 3.63) is 24.3 Å². The Bertz CT molecular complexity index is 152. The van der Waals surface area contributed by atoms with Crippen LogP contribution in [0.4, 0.5) is 0 Å². The molecule has 0 radical (unpaired) electrons. The maximum absolute atomic E-state index is 8.65. The Morgan fingerprint density at radius 3 is 1.20 bits per heavy atom. The first-order chi connectivity index (χ1) is 3.79. The molecule has 4 heteroatoms. The SMILES string of the molecule is Oc1ccc(O)cc1.[Mg+2].[O-2]. The number of hydrogen-bond donors (Lipinski definition) is 2. The monoisotopic (exact) mass is 150 g/mol. The second kappa shape index (κ2) is 5.34. The van der Waals surface area contributed by atoms with Crippen LogP contribution in [0.5, 0.6) is 11.5 Å². The van der Waals surface area contributed by atoms with Crippen molar-refractivity contribution in [2.45, 2.75) is 0 Å². The summed E-state index contributed by atoms with van der Waals surface area (Å²) in [6.45, 7) is 0. The van der Waals surface area contributed by atoms with Gasteiger partial charge in [-0.2, -0.15) is 0 Å². The van der Waals surface area contributed by atoms with Gasteiger partial charge in [-0.15, -0.1) is 0 Å². The van der Waals surface area contributed by atoms with E-state index in [9.17, 15) is 0 Å². The molecule has 0 heterocycles. The molecule has 1 aromatic rings. The summed E-state index contributed by atoms with van der Waals surface area (Å²) >= 11 is 0. The summed E-state index contributed by atoms with van der Waals surface area (Å²) in [6.07, 6.45) is 0. The predicted octanol–water partition coefficient (Wildman–Crippen LogP) is 0.598. The molecule has 0 bridgehead atoms. The normalized spacial score (nSPS) is 7.20. The standard InChI is InChI=1S/C6H6O2.Mg.O/c7-5-1-2-6(8)4-3-5;;/h1-4,7-8H;;/q;+2;-2. The minimum atomic E-state index is 0. The van der Waals surface area contributed by atoms with Gasteiger partial charge in [0.1, 0.15) is 11.5 Å². The molecule has 3 nitrogen and oxygen atoms in total. The average Bonchev–Trinajstić information content (AvgIpc) is 1.77. The smallest absolute Gasteiger partial charge is 2.00 e. The van der Waals surface area contributed by atoms with Crippen molar-refractivity contribution in [1.29, 1.82) is 0 Å². The van der Waals surface area contributed by atoms with Gasteiger partial charge in [0.2, 0.25) is 0 Å². The molecule has 50 valence electrons. The molecule has 0 aliphatic carbocycles. The zero-order valence-corrected chi connectivity index (χ0v) is 6.73. The summed E-state index contributed by atoms with van der Waals surface area (Å²) < 4.78 is 0. The van der Waals surface area contributed by atoms with E-state index in [0.29, 0.717) is 0 Å². The molecule has 0 atom stereocenters. The number of rotatable bonds is 0. The third-order valence-corrected chi connectivity index (χ3v) is 0.850. The average molecular weight is 150 g/mol. The molecular weight excluding hydrogens is 144 g/mol. The first-order valence-electron chi connectivity index (χ1n) is 2.27. The molecule has 0 unspecified atom stereocenters. The molecular formula is C6H6MgO3. The molecule has 0 aliphatic rings. The van der Waals surface area contributed by atoms with Crippen LogP contribution in [0.1, 0.15) is 0 Å². The number of hydrogen-bond acceptors (Lipinski definition) is 2. The Morgan fingerprint density at radius 2 is 1.00 bits per heavy atom. The number of aromatic hydroxyl groups is 2. The molecule has 0 saturated heterocycles. The summed E-state index contributed by atoms with van der Waals surface area (Å²) in [5.41, 5.74) is 0. The summed E-state index contributed by atoms with van der Waals surface area (Å²) in [7, 11) is 0. The topological polar surface area (TPSA) is 69.0 Å². The van der Waals surface area contributed by atoms with Gasteiger partial charge >= 0.3 is 23.1 Å². The summed E-state index contributed by atoms with van der Waals surface area (Å²) in [5.74, 6) is 0.339. The summed E-state index contributed by atoms with van der Waals surface area (Å²) in [6, 6.07) is 5.70. The van der Waals surface area contributed by atoms with E-state index in [1.165, 1.54) is 24.3 Å². The minimum absolute atomic E-state index is 0. The van der Waals surface area contributed by atoms with Gasteiger partial charge in [-0.25, -0.2) is 0 Å². The summed E-state index contributed by atoms with van der Waals surface area (Å²) in [4.78, 5) is 0. The van der Waals surface area contributed by atoms with Crippen LogP contribution in [0.15, 0.2) is 24.3 Å². The largest absolute Gasteiger partial charge is 2.00 e. The first-order valence-corrected chi connectivity index (χ1v) is 2.27. The van der Waals surface area contributed by atoms with Crippen molar-refractivity contribution in [3.63, 3.8) is 0 Å². The van der Waals surface area contributed by atoms with E-state index in [2.05, 4.69) is 0 Å². The van der Waals surface area contributed by atoms with E-state index in [4.69, 9.17) is 10.2 Å². The zero-order valence-electron chi connectivity index (χ0n) is 5.32. The van der Waals surface area contributed by atoms with Crippen LogP contribution < -0.4 is 0 Å². The second-order valence-corrected chi connectivity index (χ2v) is 1.52. The van der Waals surface area contributed by atoms with E-state index in [1.807, 2.05) is 0 Å². The van der Waals surface area contributed by atoms with Crippen molar-refractivity contribution in [2.24, 2.45) is 0 Å². The molecule has 1 rings (SSSR count). The van der Waals surface area contributed by atoms with E-state index >= 15 is 0 Å². The van der Waals surface area contributed by atoms with Crippen LogP contribution in [0.3, 0.4) is 0 Å². The molecule has 0 spiro atoms. The maximum atomic E-state index is 8.65. The Kier molecular flexibility index (Phi) is 6.54. The number of phenolic OH excluding ortho intramolecular Hbond substituents is 2. The molecule has 0 fully saturated rings. The zero-order chi connectivity index (χ0) is 5.98. The van der Waals surface area contributed by atoms with Crippen molar-refractivity contribution in [3.8, 4) is 11.5 Å². The molecule has 0 aromatic heterocycles. The molecule has 1 aromatic carbocycles. The molecule has 0 aliphatic heterocycles. The van der Waals surface area contributed by atoms with Gasteiger partial charge in [-0.1, -0.05) is 0 Å². The Balaban J connectivity index is 0. The fourth-order valence-electron chi connectivity index (χ4n) is 0.453. The fraction of sp³-hybridized carbons (Fsp3) is 0. The van der Waals surface area contributed by atoms with Crippen LogP contribution in [0, 0.1) is 0 Å². The quantitative estimate of drug-likeness (QED) is 0.420. The van der Waals surface area contributed by atoms with Gasteiger partial charge in [0.15, 0.2) is 0 Å². The van der Waals surface area contributed by atoms with Crippen LogP contribution in [-0.4, -0.2) is 33.3 Å². The molecule has 10 heavy (non-hydrogen) atoms. The Labute approximate surface area is 74.8 Å². The van der Waals surface area contributed by atoms with Gasteiger partial charge in [0, 0.05) is 0 Å². The van der Waals surface area contributed by atoms with Crippen molar-refractivity contribution in [1.82, 2.24) is 0 Å². The summed E-state index contributed by atoms with van der Waals surface area (Å²) in [5, 5.41) is 17.3. The second-order valence-electron chi connectivity index (χ2n) is 1.52. The third-order valence-electron chi connectivity index (χ3n) is 0.850. The molecule has 0 amide bonds. The van der Waals surface area contributed by atoms with E-state index < -0.39 is 0 Å². The minimum Gasteiger partial charge on any atom is -2.00 e. The van der Waals surface area contributed by atoms with Crippen LogP contribution in [-0.2, 0) is 5.48 Å². The molecule has 2 N–H and O–H groups in total. The van der Waals surface area contributed by atoms with Crippen molar-refractivity contribution in [2.75, 3.05) is 0 Å². The Hall–Kier alpha value is -0.454. The predicted molar refractivity (Wildman–Crippen MR) is 36.2 cm³/mol. The van der Waals surface area contributed by atoms with Crippen molar-refractivity contribution < 1.29 is 15.7 Å². The number of benzene rings is 1. The molecule has 0 saturated carbocycles. The van der Waals surface area contributed by atoms with E-state index in [0.717, 1.165) is 0 Å². The Morgan fingerprint density at radius 1 is 0.800 bits per heavy atom. The first kappa shape index (κ1) is 12.2.